The van der Waals surface area contributed by atoms with Crippen LogP contribution >= 0.6 is 0 Å². The largest absolute Gasteiger partial charge is 0.300 e. The van der Waals surface area contributed by atoms with Crippen molar-refractivity contribution in [2.45, 2.75) is 90.4 Å². The Hall–Kier alpha value is -0.330. The minimum absolute atomic E-state index is 0.521. The van der Waals surface area contributed by atoms with Gasteiger partial charge < -0.3 is 0 Å². The molecule has 3 aliphatic carbocycles. The van der Waals surface area contributed by atoms with E-state index in [2.05, 4.69) is 6.92 Å². The van der Waals surface area contributed by atoms with E-state index >= 15 is 0 Å². The van der Waals surface area contributed by atoms with Gasteiger partial charge in [0.15, 0.2) is 0 Å². The molecule has 0 aromatic heterocycles. The normalized spacial score (nSPS) is 39.4. The first-order valence-corrected chi connectivity index (χ1v) is 9.78. The van der Waals surface area contributed by atoms with E-state index in [0.717, 1.165) is 42.4 Å². The van der Waals surface area contributed by atoms with Crippen molar-refractivity contribution in [1.82, 2.24) is 0 Å². The van der Waals surface area contributed by atoms with E-state index < -0.39 is 0 Å². The lowest BCUT2D eigenvalue weighted by atomic mass is 9.65. The van der Waals surface area contributed by atoms with Crippen LogP contribution < -0.4 is 0 Å². The standard InChI is InChI=1S/C20H34O/c1-2-15-3-5-16(6-4-15)17-7-9-18(10-8-17)19-11-13-20(21)14-12-19/h15-19H,2-14H2,1H3. The minimum Gasteiger partial charge on any atom is -0.300 e. The summed E-state index contributed by atoms with van der Waals surface area (Å²) in [5, 5.41) is 0. The van der Waals surface area contributed by atoms with Gasteiger partial charge in [0.1, 0.15) is 5.78 Å². The monoisotopic (exact) mass is 290 g/mol. The number of hydrogen-bond acceptors (Lipinski definition) is 1. The lowest BCUT2D eigenvalue weighted by Gasteiger charge is -2.40. The zero-order chi connectivity index (χ0) is 14.7. The first kappa shape index (κ1) is 15.6. The molecule has 120 valence electrons. The first-order chi connectivity index (χ1) is 10.3. The maximum absolute atomic E-state index is 11.4. The van der Waals surface area contributed by atoms with E-state index in [4.69, 9.17) is 0 Å². The van der Waals surface area contributed by atoms with Crippen LogP contribution in [0.3, 0.4) is 0 Å². The molecule has 0 aromatic rings. The van der Waals surface area contributed by atoms with Crippen molar-refractivity contribution in [3.8, 4) is 0 Å². The summed E-state index contributed by atoms with van der Waals surface area (Å²) in [5.41, 5.74) is 0. The van der Waals surface area contributed by atoms with Crippen LogP contribution in [0.15, 0.2) is 0 Å². The number of Topliss-reactive ketones (excluding diaryl/α,β-unsaturated/α-hetero) is 1. The van der Waals surface area contributed by atoms with E-state index in [1.54, 1.807) is 0 Å². The van der Waals surface area contributed by atoms with Gasteiger partial charge in [-0.3, -0.25) is 4.79 Å². The van der Waals surface area contributed by atoms with E-state index in [1.807, 2.05) is 0 Å². The van der Waals surface area contributed by atoms with Crippen molar-refractivity contribution < 1.29 is 4.79 Å². The molecule has 0 saturated heterocycles. The average Bonchev–Trinajstić information content (AvgIpc) is 2.56. The maximum Gasteiger partial charge on any atom is 0.132 e. The Kier molecular flexibility index (Phi) is 5.40. The number of hydrogen-bond donors (Lipinski definition) is 0. The van der Waals surface area contributed by atoms with E-state index in [9.17, 15) is 4.79 Å². The highest BCUT2D eigenvalue weighted by molar-refractivity contribution is 5.79. The summed E-state index contributed by atoms with van der Waals surface area (Å²) < 4.78 is 0. The number of carbonyl (C=O) groups excluding carboxylic acids is 1. The summed E-state index contributed by atoms with van der Waals surface area (Å²) in [6.45, 7) is 2.37. The van der Waals surface area contributed by atoms with Crippen LogP contribution in [0.2, 0.25) is 0 Å². The minimum atomic E-state index is 0.521. The van der Waals surface area contributed by atoms with Gasteiger partial charge in [0.2, 0.25) is 0 Å². The zero-order valence-electron chi connectivity index (χ0n) is 14.0. The number of rotatable bonds is 3. The summed E-state index contributed by atoms with van der Waals surface area (Å²) in [7, 11) is 0. The Labute approximate surface area is 131 Å². The molecule has 0 spiro atoms. The van der Waals surface area contributed by atoms with Gasteiger partial charge in [-0.2, -0.15) is 0 Å². The van der Waals surface area contributed by atoms with Crippen LogP contribution in [0.1, 0.15) is 90.4 Å². The van der Waals surface area contributed by atoms with Crippen LogP contribution in [0.4, 0.5) is 0 Å². The highest BCUT2D eigenvalue weighted by Crippen LogP contribution is 2.45. The molecule has 1 heteroatoms. The van der Waals surface area contributed by atoms with Crippen molar-refractivity contribution in [2.75, 3.05) is 0 Å². The van der Waals surface area contributed by atoms with Crippen LogP contribution in [0, 0.1) is 29.6 Å². The van der Waals surface area contributed by atoms with E-state index in [1.165, 1.54) is 70.6 Å². The van der Waals surface area contributed by atoms with Gasteiger partial charge in [0.25, 0.3) is 0 Å². The Morgan fingerprint density at radius 2 is 1.05 bits per heavy atom. The van der Waals surface area contributed by atoms with Gasteiger partial charge in [-0.1, -0.05) is 26.2 Å². The molecule has 0 aromatic carbocycles. The van der Waals surface area contributed by atoms with Crippen molar-refractivity contribution >= 4 is 5.78 Å². The molecule has 3 rings (SSSR count). The number of carbonyl (C=O) groups is 1. The zero-order valence-corrected chi connectivity index (χ0v) is 14.0. The van der Waals surface area contributed by atoms with Crippen molar-refractivity contribution in [3.05, 3.63) is 0 Å². The SMILES string of the molecule is CCC1CCC(C2CCC(C3CCC(=O)CC3)CC2)CC1. The fourth-order valence-electron chi connectivity index (χ4n) is 5.59. The Balaban J connectivity index is 1.42. The highest BCUT2D eigenvalue weighted by Gasteiger charge is 2.34. The molecular weight excluding hydrogens is 256 g/mol. The molecule has 0 unspecified atom stereocenters. The van der Waals surface area contributed by atoms with Crippen LogP contribution in [-0.4, -0.2) is 5.78 Å². The first-order valence-electron chi connectivity index (χ1n) is 9.78. The molecule has 3 fully saturated rings. The maximum atomic E-state index is 11.4. The predicted molar refractivity (Wildman–Crippen MR) is 88.2 cm³/mol. The van der Waals surface area contributed by atoms with E-state index in [-0.39, 0.29) is 0 Å². The third-order valence-corrected chi connectivity index (χ3v) is 7.21. The van der Waals surface area contributed by atoms with Gasteiger partial charge in [-0.15, -0.1) is 0 Å². The summed E-state index contributed by atoms with van der Waals surface area (Å²) in [5.74, 6) is 5.51. The third-order valence-electron chi connectivity index (χ3n) is 7.21. The molecule has 3 aliphatic rings. The number of ketones is 1. The van der Waals surface area contributed by atoms with Gasteiger partial charge in [-0.05, 0) is 81.0 Å². The molecule has 1 nitrogen and oxygen atoms in total. The Bertz CT molecular complexity index is 322. The van der Waals surface area contributed by atoms with Gasteiger partial charge in [-0.25, -0.2) is 0 Å². The van der Waals surface area contributed by atoms with Crippen LogP contribution in [-0.2, 0) is 4.79 Å². The summed E-state index contributed by atoms with van der Waals surface area (Å²) in [6, 6.07) is 0. The highest BCUT2D eigenvalue weighted by atomic mass is 16.1. The summed E-state index contributed by atoms with van der Waals surface area (Å²) >= 11 is 0. The smallest absolute Gasteiger partial charge is 0.132 e. The molecular formula is C20H34O. The molecule has 0 aliphatic heterocycles. The fraction of sp³-hybridized carbons (Fsp3) is 0.950. The molecule has 0 amide bonds. The lowest BCUT2D eigenvalue weighted by Crippen LogP contribution is -2.29. The second-order valence-corrected chi connectivity index (χ2v) is 8.24. The molecule has 3 saturated carbocycles. The third kappa shape index (κ3) is 3.90. The molecule has 0 atom stereocenters. The average molecular weight is 290 g/mol. The van der Waals surface area contributed by atoms with Gasteiger partial charge >= 0.3 is 0 Å². The second kappa shape index (κ2) is 7.29. The molecule has 0 N–H and O–H groups in total. The molecule has 0 bridgehead atoms. The molecule has 0 radical (unpaired) electrons. The fourth-order valence-corrected chi connectivity index (χ4v) is 5.59. The van der Waals surface area contributed by atoms with Gasteiger partial charge in [0, 0.05) is 12.8 Å². The lowest BCUT2D eigenvalue weighted by molar-refractivity contribution is -0.121. The van der Waals surface area contributed by atoms with Crippen molar-refractivity contribution in [2.24, 2.45) is 29.6 Å². The predicted octanol–water partition coefficient (Wildman–Crippen LogP) is 5.77. The van der Waals surface area contributed by atoms with Gasteiger partial charge in [0.05, 0.1) is 0 Å². The molecule has 0 heterocycles. The Morgan fingerprint density at radius 1 is 0.667 bits per heavy atom. The quantitative estimate of drug-likeness (QED) is 0.645. The Morgan fingerprint density at radius 3 is 1.48 bits per heavy atom. The van der Waals surface area contributed by atoms with E-state index in [0.29, 0.717) is 5.78 Å². The summed E-state index contributed by atoms with van der Waals surface area (Å²) in [4.78, 5) is 11.4. The topological polar surface area (TPSA) is 17.1 Å². The summed E-state index contributed by atoms with van der Waals surface area (Å²) in [6.07, 6.45) is 17.6. The molecule has 21 heavy (non-hydrogen) atoms. The van der Waals surface area contributed by atoms with Crippen LogP contribution in [0.25, 0.3) is 0 Å². The van der Waals surface area contributed by atoms with Crippen LogP contribution in [0.5, 0.6) is 0 Å². The van der Waals surface area contributed by atoms with Crippen molar-refractivity contribution in [3.63, 3.8) is 0 Å². The van der Waals surface area contributed by atoms with Crippen molar-refractivity contribution in [1.29, 1.82) is 0 Å². The second-order valence-electron chi connectivity index (χ2n) is 8.24.